The van der Waals surface area contributed by atoms with Crippen LogP contribution < -0.4 is 15.1 Å². The van der Waals surface area contributed by atoms with Gasteiger partial charge < -0.3 is 14.5 Å². The molecule has 3 fully saturated rings. The molecule has 0 aromatic heterocycles. The van der Waals surface area contributed by atoms with Gasteiger partial charge in [0.15, 0.2) is 4.75 Å². The van der Waals surface area contributed by atoms with E-state index in [1.165, 1.54) is 4.31 Å². The van der Waals surface area contributed by atoms with Crippen LogP contribution in [0.3, 0.4) is 0 Å². The van der Waals surface area contributed by atoms with Crippen LogP contribution in [-0.2, 0) is 14.8 Å². The molecule has 1 amide bonds. The van der Waals surface area contributed by atoms with Crippen molar-refractivity contribution in [3.63, 3.8) is 0 Å². The summed E-state index contributed by atoms with van der Waals surface area (Å²) in [6, 6.07) is 8.42. The molecular weight excluding hydrogens is 515 g/mol. The Balaban J connectivity index is 0.00000216. The highest BCUT2D eigenvalue weighted by molar-refractivity contribution is 7.91. The molecule has 1 saturated carbocycles. The molecule has 35 heavy (non-hydrogen) atoms. The predicted octanol–water partition coefficient (Wildman–Crippen LogP) is 2.66. The summed E-state index contributed by atoms with van der Waals surface area (Å²) in [7, 11) is -3.92. The van der Waals surface area contributed by atoms with Gasteiger partial charge in [0.2, 0.25) is 10.0 Å². The van der Waals surface area contributed by atoms with Gasteiger partial charge in [-0.15, -0.1) is 24.8 Å². The maximum atomic E-state index is 13.7. The number of benzene rings is 1. The Hall–Kier alpha value is -1.30. The fourth-order valence-corrected chi connectivity index (χ4v) is 7.03. The molecule has 1 aromatic carbocycles. The second kappa shape index (κ2) is 12.8. The van der Waals surface area contributed by atoms with E-state index in [2.05, 4.69) is 16.7 Å². The van der Waals surface area contributed by atoms with Gasteiger partial charge in [0, 0.05) is 51.0 Å². The van der Waals surface area contributed by atoms with E-state index in [1.807, 2.05) is 24.3 Å². The molecule has 0 radical (unpaired) electrons. The molecule has 2 aliphatic heterocycles. The normalized spacial score (nSPS) is 20.9. The zero-order chi connectivity index (χ0) is 23.5. The van der Waals surface area contributed by atoms with Gasteiger partial charge in [-0.1, -0.05) is 13.3 Å². The highest BCUT2D eigenvalue weighted by Gasteiger charge is 2.55. The second-order valence-electron chi connectivity index (χ2n) is 9.29. The van der Waals surface area contributed by atoms with E-state index in [1.54, 1.807) is 5.48 Å². The number of amides is 1. The van der Waals surface area contributed by atoms with Gasteiger partial charge in [0.25, 0.3) is 5.91 Å². The number of piperidine rings is 1. The number of carbonyl (C=O) groups is 1. The Morgan fingerprint density at radius 1 is 1.06 bits per heavy atom. The van der Waals surface area contributed by atoms with Gasteiger partial charge >= 0.3 is 0 Å². The van der Waals surface area contributed by atoms with Crippen molar-refractivity contribution in [1.82, 2.24) is 14.7 Å². The molecule has 1 aromatic rings. The van der Waals surface area contributed by atoms with Crippen molar-refractivity contribution >= 4 is 46.4 Å². The average Bonchev–Trinajstić information content (AvgIpc) is 3.70. The van der Waals surface area contributed by atoms with Crippen molar-refractivity contribution in [3.05, 3.63) is 24.3 Å². The van der Waals surface area contributed by atoms with Crippen LogP contribution >= 0.6 is 24.8 Å². The molecule has 1 aliphatic carbocycles. The van der Waals surface area contributed by atoms with Crippen molar-refractivity contribution in [2.75, 3.05) is 50.8 Å². The summed E-state index contributed by atoms with van der Waals surface area (Å²) < 4.78 is 32.9. The topological polar surface area (TPSA) is 102 Å². The summed E-state index contributed by atoms with van der Waals surface area (Å²) >= 11 is 0. The molecule has 2 saturated heterocycles. The summed E-state index contributed by atoms with van der Waals surface area (Å²) in [4.78, 5) is 17.1. The first-order valence-corrected chi connectivity index (χ1v) is 13.5. The number of halogens is 2. The average molecular weight is 554 g/mol. The molecule has 2 N–H and O–H groups in total. The molecule has 2 heterocycles. The summed E-state index contributed by atoms with van der Waals surface area (Å²) in [5.74, 6) is 0.0296. The van der Waals surface area contributed by atoms with Crippen molar-refractivity contribution in [1.29, 1.82) is 0 Å². The van der Waals surface area contributed by atoms with Crippen LogP contribution in [0.5, 0.6) is 5.75 Å². The first-order chi connectivity index (χ1) is 15.9. The second-order valence-corrected chi connectivity index (χ2v) is 11.5. The molecule has 0 unspecified atom stereocenters. The molecule has 4 rings (SSSR count). The number of rotatable bonds is 9. The number of likely N-dealkylation sites (tertiary alicyclic amines) is 1. The molecule has 9 nitrogen and oxygen atoms in total. The van der Waals surface area contributed by atoms with E-state index in [4.69, 9.17) is 4.74 Å². The van der Waals surface area contributed by atoms with Crippen molar-refractivity contribution in [3.8, 4) is 5.75 Å². The number of piperazine rings is 1. The fraction of sp³-hybridized carbons (Fsp3) is 0.696. The van der Waals surface area contributed by atoms with Crippen molar-refractivity contribution < 1.29 is 23.2 Å². The minimum absolute atomic E-state index is 0. The van der Waals surface area contributed by atoms with Gasteiger partial charge in [-0.05, 0) is 56.4 Å². The molecule has 3 aliphatic rings. The Bertz CT molecular complexity index is 914. The molecule has 0 bridgehead atoms. The van der Waals surface area contributed by atoms with E-state index < -0.39 is 20.7 Å². The largest absolute Gasteiger partial charge is 0.494 e. The van der Waals surface area contributed by atoms with Gasteiger partial charge in [0.1, 0.15) is 5.75 Å². The third-order valence-corrected chi connectivity index (χ3v) is 9.85. The minimum Gasteiger partial charge on any atom is -0.494 e. The molecule has 0 atom stereocenters. The maximum Gasteiger partial charge on any atom is 0.266 e. The zero-order valence-electron chi connectivity index (χ0n) is 20.2. The van der Waals surface area contributed by atoms with E-state index >= 15 is 0 Å². The van der Waals surface area contributed by atoms with E-state index in [0.717, 1.165) is 37.1 Å². The molecule has 200 valence electrons. The highest BCUT2D eigenvalue weighted by Crippen LogP contribution is 2.38. The number of sulfonamides is 1. The maximum absolute atomic E-state index is 13.7. The van der Waals surface area contributed by atoms with E-state index in [-0.39, 0.29) is 37.7 Å². The summed E-state index contributed by atoms with van der Waals surface area (Å²) in [6.07, 6.45) is 4.80. The number of carbonyl (C=O) groups excluding carboxylic acids is 1. The van der Waals surface area contributed by atoms with Crippen LogP contribution in [-0.4, -0.2) is 85.4 Å². The van der Waals surface area contributed by atoms with Gasteiger partial charge in [-0.2, -0.15) is 4.31 Å². The molecular formula is C23H38Cl2N4O5S. The lowest BCUT2D eigenvalue weighted by Crippen LogP contribution is -2.63. The summed E-state index contributed by atoms with van der Waals surface area (Å²) in [5, 5.41) is 9.37. The Morgan fingerprint density at radius 2 is 1.66 bits per heavy atom. The number of hydroxylamine groups is 1. The SMILES string of the molecule is CCCCOc1ccc(N2CCN(S(=O)(=O)C3(C(=O)NO)CCN(C4CC4)CC3)CC2)cc1.Cl.Cl. The smallest absolute Gasteiger partial charge is 0.266 e. The van der Waals surface area contributed by atoms with Crippen LogP contribution in [0.2, 0.25) is 0 Å². The van der Waals surface area contributed by atoms with Crippen LogP contribution in [0.25, 0.3) is 0 Å². The number of hydrogen-bond acceptors (Lipinski definition) is 7. The lowest BCUT2D eigenvalue weighted by Gasteiger charge is -2.44. The third-order valence-electron chi connectivity index (χ3n) is 7.23. The zero-order valence-corrected chi connectivity index (χ0v) is 22.7. The van der Waals surface area contributed by atoms with Crippen LogP contribution in [0.4, 0.5) is 5.69 Å². The Labute approximate surface area is 221 Å². The molecule has 0 spiro atoms. The highest BCUT2D eigenvalue weighted by atomic mass is 35.5. The Morgan fingerprint density at radius 3 is 2.17 bits per heavy atom. The summed E-state index contributed by atoms with van der Waals surface area (Å²) in [6.45, 7) is 5.65. The number of anilines is 1. The predicted molar refractivity (Wildman–Crippen MR) is 141 cm³/mol. The number of unbranched alkanes of at least 4 members (excludes halogenated alkanes) is 1. The fourth-order valence-electron chi connectivity index (χ4n) is 4.92. The van der Waals surface area contributed by atoms with Crippen molar-refractivity contribution in [2.24, 2.45) is 0 Å². The monoisotopic (exact) mass is 552 g/mol. The number of ether oxygens (including phenoxy) is 1. The number of nitrogens with one attached hydrogen (secondary N) is 1. The first-order valence-electron chi connectivity index (χ1n) is 12.1. The van der Waals surface area contributed by atoms with Crippen LogP contribution in [0.15, 0.2) is 24.3 Å². The van der Waals surface area contributed by atoms with Crippen molar-refractivity contribution in [2.45, 2.75) is 56.2 Å². The van der Waals surface area contributed by atoms with Crippen LogP contribution in [0.1, 0.15) is 45.4 Å². The number of nitrogens with zero attached hydrogens (tertiary/aromatic N) is 3. The quantitative estimate of drug-likeness (QED) is 0.276. The lowest BCUT2D eigenvalue weighted by atomic mass is 9.95. The summed E-state index contributed by atoms with van der Waals surface area (Å²) in [5.41, 5.74) is 2.68. The lowest BCUT2D eigenvalue weighted by molar-refractivity contribution is -0.133. The first kappa shape index (κ1) is 29.9. The van der Waals surface area contributed by atoms with Crippen LogP contribution in [0, 0.1) is 0 Å². The number of hydrogen-bond donors (Lipinski definition) is 2. The van der Waals surface area contributed by atoms with E-state index in [9.17, 15) is 18.4 Å². The van der Waals surface area contributed by atoms with Gasteiger partial charge in [-0.25, -0.2) is 13.9 Å². The third kappa shape index (κ3) is 6.34. The molecule has 12 heteroatoms. The standard InChI is InChI=1S/C23H36N4O5S.2ClH/c1-2-3-18-32-21-8-6-20(7-9-21)26-14-16-27(17-15-26)33(30,31)23(22(28)24-29)10-12-25(13-11-23)19-4-5-19;;/h6-9,19,29H,2-5,10-18H2,1H3,(H,24,28);2*1H. The van der Waals surface area contributed by atoms with Gasteiger partial charge in [0.05, 0.1) is 6.61 Å². The minimum atomic E-state index is -3.92. The van der Waals surface area contributed by atoms with E-state index in [0.29, 0.717) is 51.9 Å². The van der Waals surface area contributed by atoms with Gasteiger partial charge in [-0.3, -0.25) is 10.0 Å². The Kier molecular flexibility index (Phi) is 10.9.